The number of benzene rings is 1. The molecule has 1 unspecified atom stereocenters. The van der Waals surface area contributed by atoms with Crippen molar-refractivity contribution in [2.24, 2.45) is 0 Å². The predicted molar refractivity (Wildman–Crippen MR) is 115 cm³/mol. The van der Waals surface area contributed by atoms with E-state index in [9.17, 15) is 23.2 Å². The third kappa shape index (κ3) is 4.24. The SMILES string of the molecule is CC1(c2ccc(F)c(F)c2)NC(=O)N(CC(=O)N(C2CCCCC2)C2CCCCC2)C1=O. The molecule has 32 heavy (non-hydrogen) atoms. The molecule has 1 saturated heterocycles. The van der Waals surface area contributed by atoms with Gasteiger partial charge in [-0.05, 0) is 50.3 Å². The molecule has 1 atom stereocenters. The molecule has 1 aromatic rings. The molecule has 6 nitrogen and oxygen atoms in total. The van der Waals surface area contributed by atoms with Gasteiger partial charge in [-0.25, -0.2) is 13.6 Å². The Morgan fingerprint density at radius 2 is 1.56 bits per heavy atom. The van der Waals surface area contributed by atoms with Gasteiger partial charge in [-0.2, -0.15) is 0 Å². The second-order valence-corrected chi connectivity index (χ2v) is 9.46. The molecule has 0 spiro atoms. The normalized spacial score (nSPS) is 25.2. The van der Waals surface area contributed by atoms with Crippen molar-refractivity contribution in [2.75, 3.05) is 6.54 Å². The van der Waals surface area contributed by atoms with Crippen LogP contribution >= 0.6 is 0 Å². The monoisotopic (exact) mass is 447 g/mol. The fraction of sp³-hybridized carbons (Fsp3) is 0.625. The van der Waals surface area contributed by atoms with Gasteiger partial charge >= 0.3 is 6.03 Å². The summed E-state index contributed by atoms with van der Waals surface area (Å²) in [7, 11) is 0. The number of nitrogens with zero attached hydrogens (tertiary/aromatic N) is 2. The van der Waals surface area contributed by atoms with Crippen LogP contribution in [0.4, 0.5) is 13.6 Å². The third-order valence-corrected chi connectivity index (χ3v) is 7.29. The number of carbonyl (C=O) groups is 3. The van der Waals surface area contributed by atoms with Gasteiger partial charge in [0.1, 0.15) is 12.1 Å². The fourth-order valence-electron chi connectivity index (χ4n) is 5.48. The number of nitrogens with one attached hydrogen (secondary N) is 1. The van der Waals surface area contributed by atoms with Gasteiger partial charge in [-0.3, -0.25) is 14.5 Å². The standard InChI is InChI=1S/C24H31F2N3O3/c1-24(16-12-13-19(25)20(26)14-16)22(31)28(23(32)27-24)15-21(30)29(17-8-4-2-5-9-17)18-10-6-3-7-11-18/h12-14,17-18H,2-11,15H2,1H3,(H,27,32). The Labute approximate surface area is 187 Å². The smallest absolute Gasteiger partial charge is 0.325 e. The van der Waals surface area contributed by atoms with Gasteiger partial charge in [0.05, 0.1) is 0 Å². The van der Waals surface area contributed by atoms with Crippen LogP contribution < -0.4 is 5.32 Å². The van der Waals surface area contributed by atoms with Crippen molar-refractivity contribution in [2.45, 2.75) is 88.8 Å². The highest BCUT2D eigenvalue weighted by Gasteiger charge is 2.50. The van der Waals surface area contributed by atoms with Gasteiger partial charge < -0.3 is 10.2 Å². The van der Waals surface area contributed by atoms with Crippen LogP contribution in [0.2, 0.25) is 0 Å². The zero-order valence-corrected chi connectivity index (χ0v) is 18.5. The van der Waals surface area contributed by atoms with E-state index in [0.29, 0.717) is 0 Å². The van der Waals surface area contributed by atoms with Gasteiger partial charge in [0, 0.05) is 12.1 Å². The maximum atomic E-state index is 13.8. The molecule has 0 radical (unpaired) electrons. The van der Waals surface area contributed by atoms with Crippen molar-refractivity contribution in [3.8, 4) is 0 Å². The van der Waals surface area contributed by atoms with E-state index in [2.05, 4.69) is 5.32 Å². The average molecular weight is 448 g/mol. The Bertz CT molecular complexity index is 878. The molecule has 1 N–H and O–H groups in total. The number of hydrogen-bond donors (Lipinski definition) is 1. The number of hydrogen-bond acceptors (Lipinski definition) is 3. The molecule has 3 aliphatic rings. The Hall–Kier alpha value is -2.51. The van der Waals surface area contributed by atoms with E-state index in [4.69, 9.17) is 0 Å². The van der Waals surface area contributed by atoms with Crippen LogP contribution in [0, 0.1) is 11.6 Å². The first-order valence-corrected chi connectivity index (χ1v) is 11.7. The van der Waals surface area contributed by atoms with Crippen LogP contribution in [0.1, 0.15) is 76.7 Å². The summed E-state index contributed by atoms with van der Waals surface area (Å²) in [5, 5.41) is 2.57. The molecule has 0 bridgehead atoms. The molecule has 174 valence electrons. The van der Waals surface area contributed by atoms with E-state index >= 15 is 0 Å². The van der Waals surface area contributed by atoms with Crippen LogP contribution in [0.15, 0.2) is 18.2 Å². The van der Waals surface area contributed by atoms with E-state index in [1.807, 2.05) is 4.90 Å². The van der Waals surface area contributed by atoms with Gasteiger partial charge in [-0.1, -0.05) is 44.6 Å². The minimum Gasteiger partial charge on any atom is -0.335 e. The van der Waals surface area contributed by atoms with Crippen LogP contribution in [0.5, 0.6) is 0 Å². The quantitative estimate of drug-likeness (QED) is 0.687. The Kier molecular flexibility index (Phi) is 6.49. The first-order chi connectivity index (χ1) is 15.3. The molecule has 2 saturated carbocycles. The van der Waals surface area contributed by atoms with Crippen molar-refractivity contribution < 1.29 is 23.2 Å². The van der Waals surface area contributed by atoms with Gasteiger partial charge in [0.15, 0.2) is 11.6 Å². The van der Waals surface area contributed by atoms with Crippen molar-refractivity contribution in [1.29, 1.82) is 0 Å². The Balaban J connectivity index is 1.54. The summed E-state index contributed by atoms with van der Waals surface area (Å²) in [5.41, 5.74) is -1.41. The number of imide groups is 1. The molecule has 2 aliphatic carbocycles. The summed E-state index contributed by atoms with van der Waals surface area (Å²) in [5.74, 6) is -2.96. The number of halogens is 2. The minimum atomic E-state index is -1.55. The summed E-state index contributed by atoms with van der Waals surface area (Å²) >= 11 is 0. The van der Waals surface area contributed by atoms with Crippen molar-refractivity contribution in [1.82, 2.24) is 15.1 Å². The summed E-state index contributed by atoms with van der Waals surface area (Å²) in [6.07, 6.45) is 10.5. The van der Waals surface area contributed by atoms with Crippen molar-refractivity contribution in [3.63, 3.8) is 0 Å². The van der Waals surface area contributed by atoms with E-state index in [-0.39, 0.29) is 30.1 Å². The number of urea groups is 1. The fourth-order valence-corrected chi connectivity index (χ4v) is 5.48. The van der Waals surface area contributed by atoms with Gasteiger partial charge in [-0.15, -0.1) is 0 Å². The topological polar surface area (TPSA) is 69.7 Å². The van der Waals surface area contributed by atoms with Crippen molar-refractivity contribution >= 4 is 17.8 Å². The zero-order chi connectivity index (χ0) is 22.9. The lowest BCUT2D eigenvalue weighted by Gasteiger charge is -2.42. The molecular formula is C24H31F2N3O3. The molecule has 8 heteroatoms. The van der Waals surface area contributed by atoms with Crippen molar-refractivity contribution in [3.05, 3.63) is 35.4 Å². The van der Waals surface area contributed by atoms with E-state index in [1.165, 1.54) is 25.8 Å². The second kappa shape index (κ2) is 9.16. The van der Waals surface area contributed by atoms with Crippen LogP contribution in [-0.4, -0.2) is 46.3 Å². The largest absolute Gasteiger partial charge is 0.335 e. The summed E-state index contributed by atoms with van der Waals surface area (Å²) in [4.78, 5) is 42.3. The first kappa shape index (κ1) is 22.7. The first-order valence-electron chi connectivity index (χ1n) is 11.7. The van der Waals surface area contributed by atoms with Crippen LogP contribution in [0.3, 0.4) is 0 Å². The maximum absolute atomic E-state index is 13.8. The number of amides is 4. The maximum Gasteiger partial charge on any atom is 0.325 e. The molecule has 1 heterocycles. The lowest BCUT2D eigenvalue weighted by atomic mass is 9.88. The lowest BCUT2D eigenvalue weighted by molar-refractivity contribution is -0.143. The molecule has 3 fully saturated rings. The molecule has 4 rings (SSSR count). The summed E-state index contributed by atoms with van der Waals surface area (Å²) in [6, 6.07) is 2.73. The molecule has 0 aromatic heterocycles. The third-order valence-electron chi connectivity index (χ3n) is 7.29. The lowest BCUT2D eigenvalue weighted by Crippen LogP contribution is -2.53. The van der Waals surface area contributed by atoms with E-state index in [1.54, 1.807) is 0 Å². The predicted octanol–water partition coefficient (Wildman–Crippen LogP) is 4.23. The minimum absolute atomic E-state index is 0.140. The Morgan fingerprint density at radius 1 is 1.00 bits per heavy atom. The van der Waals surface area contributed by atoms with Gasteiger partial charge in [0.25, 0.3) is 5.91 Å². The number of rotatable bonds is 5. The van der Waals surface area contributed by atoms with E-state index < -0.39 is 29.1 Å². The molecular weight excluding hydrogens is 416 g/mol. The summed E-state index contributed by atoms with van der Waals surface area (Å²) in [6.45, 7) is 1.11. The van der Waals surface area contributed by atoms with Crippen LogP contribution in [-0.2, 0) is 15.1 Å². The number of carbonyl (C=O) groups excluding carboxylic acids is 3. The average Bonchev–Trinajstić information content (AvgIpc) is 3.01. The van der Waals surface area contributed by atoms with Gasteiger partial charge in [0.2, 0.25) is 5.91 Å². The molecule has 1 aromatic carbocycles. The molecule has 4 amide bonds. The zero-order valence-electron chi connectivity index (χ0n) is 18.5. The Morgan fingerprint density at radius 3 is 2.09 bits per heavy atom. The highest BCUT2D eigenvalue weighted by molar-refractivity contribution is 6.09. The highest BCUT2D eigenvalue weighted by atomic mass is 19.2. The highest BCUT2D eigenvalue weighted by Crippen LogP contribution is 2.32. The molecule has 1 aliphatic heterocycles. The summed E-state index contributed by atoms with van der Waals surface area (Å²) < 4.78 is 27.1. The van der Waals surface area contributed by atoms with Crippen LogP contribution in [0.25, 0.3) is 0 Å². The van der Waals surface area contributed by atoms with E-state index in [0.717, 1.165) is 68.4 Å². The second-order valence-electron chi connectivity index (χ2n) is 9.46.